The van der Waals surface area contributed by atoms with Crippen LogP contribution in [0, 0.1) is 0 Å². The van der Waals surface area contributed by atoms with Crippen LogP contribution in [-0.2, 0) is 32.7 Å². The molecule has 1 unspecified atom stereocenters. The maximum absolute atomic E-state index is 8.36. The summed E-state index contributed by atoms with van der Waals surface area (Å²) in [5.41, 5.74) is 0. The van der Waals surface area contributed by atoms with Crippen molar-refractivity contribution in [1.29, 1.82) is 0 Å². The number of aliphatic hydroxyl groups is 1. The van der Waals surface area contributed by atoms with Gasteiger partial charge in [-0.05, 0) is 13.3 Å². The van der Waals surface area contributed by atoms with Crippen LogP contribution in [-0.4, -0.2) is 11.2 Å². The number of hydrogen-bond donors (Lipinski definition) is 1. The molecule has 6 heavy (non-hydrogen) atoms. The fourth-order valence-electron chi connectivity index (χ4n) is 0. The minimum Gasteiger partial charge on any atom is -0.393 e. The standard InChI is InChI=1S/C4H10O.Y/c1-3-4(2)5;/h4-5H,3H2,1-2H3;. The number of aliphatic hydroxyl groups excluding tert-OH is 1. The van der Waals surface area contributed by atoms with Crippen molar-refractivity contribution in [2.24, 2.45) is 0 Å². The molecule has 0 bridgehead atoms. The molecule has 0 amide bonds. The molecule has 0 aliphatic carbocycles. The van der Waals surface area contributed by atoms with Gasteiger partial charge in [-0.25, -0.2) is 0 Å². The molecule has 1 atom stereocenters. The zero-order valence-corrected chi connectivity index (χ0v) is 7.15. The van der Waals surface area contributed by atoms with Crippen LogP contribution in [0.15, 0.2) is 0 Å². The molecular formula is C4H10OY. The molecular weight excluding hydrogens is 153 g/mol. The summed E-state index contributed by atoms with van der Waals surface area (Å²) in [5, 5.41) is 8.36. The Morgan fingerprint density at radius 3 is 1.83 bits per heavy atom. The van der Waals surface area contributed by atoms with Crippen LogP contribution in [0.2, 0.25) is 0 Å². The molecule has 0 rings (SSSR count). The molecule has 0 fully saturated rings. The van der Waals surface area contributed by atoms with Gasteiger partial charge in [-0.1, -0.05) is 6.92 Å². The van der Waals surface area contributed by atoms with E-state index in [9.17, 15) is 0 Å². The zero-order valence-electron chi connectivity index (χ0n) is 4.31. The first-order valence-corrected chi connectivity index (χ1v) is 1.95. The first-order valence-electron chi connectivity index (χ1n) is 1.95. The maximum atomic E-state index is 8.36. The van der Waals surface area contributed by atoms with Crippen molar-refractivity contribution in [1.82, 2.24) is 0 Å². The van der Waals surface area contributed by atoms with E-state index in [1.165, 1.54) is 0 Å². The average molecular weight is 163 g/mol. The predicted molar refractivity (Wildman–Crippen MR) is 22.0 cm³/mol. The van der Waals surface area contributed by atoms with E-state index in [1.54, 1.807) is 6.92 Å². The van der Waals surface area contributed by atoms with Gasteiger partial charge in [-0.3, -0.25) is 0 Å². The van der Waals surface area contributed by atoms with Crippen molar-refractivity contribution in [2.45, 2.75) is 26.4 Å². The van der Waals surface area contributed by atoms with E-state index in [0.29, 0.717) is 0 Å². The fourth-order valence-corrected chi connectivity index (χ4v) is 0. The van der Waals surface area contributed by atoms with E-state index < -0.39 is 0 Å². The largest absolute Gasteiger partial charge is 0.393 e. The number of rotatable bonds is 1. The molecule has 1 N–H and O–H groups in total. The van der Waals surface area contributed by atoms with Gasteiger partial charge in [-0.2, -0.15) is 0 Å². The van der Waals surface area contributed by atoms with Crippen LogP contribution >= 0.6 is 0 Å². The monoisotopic (exact) mass is 163 g/mol. The summed E-state index contributed by atoms with van der Waals surface area (Å²) in [6.07, 6.45) is 0.745. The molecule has 0 aromatic carbocycles. The van der Waals surface area contributed by atoms with Crippen LogP contribution in [0.4, 0.5) is 0 Å². The first-order chi connectivity index (χ1) is 2.27. The second kappa shape index (κ2) is 6.06. The molecule has 0 saturated carbocycles. The Morgan fingerprint density at radius 1 is 1.67 bits per heavy atom. The zero-order chi connectivity index (χ0) is 4.28. The van der Waals surface area contributed by atoms with Crippen molar-refractivity contribution >= 4 is 0 Å². The molecule has 0 aromatic heterocycles. The van der Waals surface area contributed by atoms with Crippen LogP contribution in [0.3, 0.4) is 0 Å². The van der Waals surface area contributed by atoms with E-state index in [-0.39, 0.29) is 38.8 Å². The van der Waals surface area contributed by atoms with Gasteiger partial charge in [0.05, 0.1) is 6.10 Å². The molecule has 0 aromatic rings. The Bertz CT molecular complexity index is 21.5. The summed E-state index contributed by atoms with van der Waals surface area (Å²) < 4.78 is 0. The van der Waals surface area contributed by atoms with Gasteiger partial charge >= 0.3 is 0 Å². The Morgan fingerprint density at radius 2 is 1.83 bits per heavy atom. The van der Waals surface area contributed by atoms with Gasteiger partial charge in [0.15, 0.2) is 0 Å². The molecule has 0 spiro atoms. The molecule has 1 radical (unpaired) electrons. The molecule has 35 valence electrons. The van der Waals surface area contributed by atoms with Crippen molar-refractivity contribution in [3.8, 4) is 0 Å². The number of hydrogen-bond acceptors (Lipinski definition) is 1. The SMILES string of the molecule is CCC(C)O.[Y]. The Balaban J connectivity index is 0. The van der Waals surface area contributed by atoms with Gasteiger partial charge in [-0.15, -0.1) is 0 Å². The summed E-state index contributed by atoms with van der Waals surface area (Å²) >= 11 is 0. The summed E-state index contributed by atoms with van der Waals surface area (Å²) in [4.78, 5) is 0. The molecule has 1 nitrogen and oxygen atoms in total. The van der Waals surface area contributed by atoms with Gasteiger partial charge < -0.3 is 5.11 Å². The van der Waals surface area contributed by atoms with Crippen LogP contribution in [0.25, 0.3) is 0 Å². The summed E-state index contributed by atoms with van der Waals surface area (Å²) in [6.45, 7) is 3.73. The van der Waals surface area contributed by atoms with Crippen molar-refractivity contribution in [3.63, 3.8) is 0 Å². The Labute approximate surface area is 64.0 Å². The van der Waals surface area contributed by atoms with Gasteiger partial charge in [0, 0.05) is 32.7 Å². The average Bonchev–Trinajstić information content (AvgIpc) is 1.38. The summed E-state index contributed by atoms with van der Waals surface area (Å²) in [5.74, 6) is 0. The first kappa shape index (κ1) is 10.1. The third kappa shape index (κ3) is 8.91. The van der Waals surface area contributed by atoms with E-state index in [0.717, 1.165) is 6.42 Å². The maximum Gasteiger partial charge on any atom is 0.0509 e. The smallest absolute Gasteiger partial charge is 0.0509 e. The normalized spacial score (nSPS) is 12.5. The van der Waals surface area contributed by atoms with Crippen molar-refractivity contribution in [2.75, 3.05) is 0 Å². The van der Waals surface area contributed by atoms with Crippen molar-refractivity contribution in [3.05, 3.63) is 0 Å². The minimum atomic E-state index is -0.116. The van der Waals surface area contributed by atoms with Gasteiger partial charge in [0.25, 0.3) is 0 Å². The van der Waals surface area contributed by atoms with E-state index in [4.69, 9.17) is 5.11 Å². The Kier molecular flexibility index (Phi) is 10.2. The molecule has 0 aliphatic rings. The topological polar surface area (TPSA) is 20.2 Å². The second-order valence-electron chi connectivity index (χ2n) is 1.26. The quantitative estimate of drug-likeness (QED) is 0.605. The Hall–Kier alpha value is 1.06. The molecule has 0 saturated heterocycles. The second-order valence-corrected chi connectivity index (χ2v) is 1.26. The molecule has 2 heteroatoms. The minimum absolute atomic E-state index is 0. The third-order valence-electron chi connectivity index (χ3n) is 0.591. The summed E-state index contributed by atoms with van der Waals surface area (Å²) in [7, 11) is 0. The van der Waals surface area contributed by atoms with Crippen LogP contribution in [0.1, 0.15) is 20.3 Å². The van der Waals surface area contributed by atoms with Crippen molar-refractivity contribution < 1.29 is 37.8 Å². The van der Waals surface area contributed by atoms with E-state index in [2.05, 4.69) is 0 Å². The predicted octanol–water partition coefficient (Wildman–Crippen LogP) is 0.775. The fraction of sp³-hybridized carbons (Fsp3) is 1.00. The van der Waals surface area contributed by atoms with E-state index in [1.807, 2.05) is 6.92 Å². The molecule has 0 aliphatic heterocycles. The van der Waals surface area contributed by atoms with Crippen LogP contribution < -0.4 is 0 Å². The van der Waals surface area contributed by atoms with Gasteiger partial charge in [0.2, 0.25) is 0 Å². The van der Waals surface area contributed by atoms with Crippen LogP contribution in [0.5, 0.6) is 0 Å². The summed E-state index contributed by atoms with van der Waals surface area (Å²) in [6, 6.07) is 0. The van der Waals surface area contributed by atoms with Gasteiger partial charge in [0.1, 0.15) is 0 Å². The molecule has 0 heterocycles. The van der Waals surface area contributed by atoms with E-state index >= 15 is 0 Å². The third-order valence-corrected chi connectivity index (χ3v) is 0.591.